The van der Waals surface area contributed by atoms with Crippen molar-refractivity contribution in [3.8, 4) is 0 Å². The summed E-state index contributed by atoms with van der Waals surface area (Å²) in [5.41, 5.74) is 1.18. The van der Waals surface area contributed by atoms with Crippen molar-refractivity contribution in [2.24, 2.45) is 0 Å². The number of nitrogens with zero attached hydrogens (tertiary/aromatic N) is 3. The molecule has 2 N–H and O–H groups in total. The minimum atomic E-state index is -5.02. The summed E-state index contributed by atoms with van der Waals surface area (Å²) in [4.78, 5) is 38.7. The number of cyclic esters (lactones) is 1. The highest BCUT2D eigenvalue weighted by Crippen LogP contribution is 2.38. The van der Waals surface area contributed by atoms with Crippen LogP contribution in [0.1, 0.15) is 0 Å². The Hall–Kier alpha value is -1.65. The van der Waals surface area contributed by atoms with E-state index in [2.05, 4.69) is 53.1 Å². The molecule has 2 saturated heterocycles. The van der Waals surface area contributed by atoms with Gasteiger partial charge < -0.3 is 20.3 Å². The van der Waals surface area contributed by atoms with Crippen molar-refractivity contribution in [3.63, 3.8) is 0 Å². The number of nitrogens with one attached hydrogen (secondary N) is 2. The van der Waals surface area contributed by atoms with Crippen LogP contribution in [-0.4, -0.2) is 89.3 Å². The summed E-state index contributed by atoms with van der Waals surface area (Å²) >= 11 is 10.1. The van der Waals surface area contributed by atoms with Crippen molar-refractivity contribution in [2.75, 3.05) is 49.1 Å². The average molecular weight is 712 g/mol. The largest absolute Gasteiger partial charge is 0.471 e. The number of amides is 3. The first-order chi connectivity index (χ1) is 16.8. The molecular weight excluding hydrogens is 690 g/mol. The number of carbonyl (C=O) groups excluding carboxylic acids is 3. The lowest BCUT2D eigenvalue weighted by Gasteiger charge is -2.41. The van der Waals surface area contributed by atoms with Gasteiger partial charge in [0, 0.05) is 31.0 Å². The zero-order valence-electron chi connectivity index (χ0n) is 18.5. The Morgan fingerprint density at radius 3 is 2.33 bits per heavy atom. The summed E-state index contributed by atoms with van der Waals surface area (Å²) < 4.78 is 56.2. The highest BCUT2D eigenvalue weighted by Gasteiger charge is 2.40. The van der Waals surface area contributed by atoms with Gasteiger partial charge in [0.15, 0.2) is 8.44 Å². The number of halogens is 7. The Bertz CT molecular complexity index is 951. The number of anilines is 2. The van der Waals surface area contributed by atoms with Gasteiger partial charge >= 0.3 is 18.2 Å². The van der Waals surface area contributed by atoms with E-state index < -0.39 is 45.3 Å². The van der Waals surface area contributed by atoms with Gasteiger partial charge in [0.25, 0.3) is 0 Å². The summed E-state index contributed by atoms with van der Waals surface area (Å²) in [6.45, 7) is 0.737. The van der Waals surface area contributed by atoms with E-state index in [4.69, 9.17) is 4.74 Å². The smallest absolute Gasteiger partial charge is 0.442 e. The van der Waals surface area contributed by atoms with Gasteiger partial charge in [-0.1, -0.05) is 47.8 Å². The third kappa shape index (κ3) is 7.44. The highest BCUT2D eigenvalue weighted by atomic mass is 80.0. The molecule has 2 heterocycles. The van der Waals surface area contributed by atoms with Crippen molar-refractivity contribution in [1.29, 1.82) is 0 Å². The number of alkyl halides is 7. The van der Waals surface area contributed by atoms with Crippen LogP contribution in [0, 0.1) is 0 Å². The summed E-state index contributed by atoms with van der Waals surface area (Å²) in [5.74, 6) is -2.10. The fourth-order valence-corrected chi connectivity index (χ4v) is 4.61. The number of piperazine rings is 1. The first-order valence-electron chi connectivity index (χ1n) is 10.6. The molecule has 2 aliphatic rings. The fourth-order valence-electron chi connectivity index (χ4n) is 3.77. The zero-order valence-corrected chi connectivity index (χ0v) is 23.2. The molecule has 16 heteroatoms. The second kappa shape index (κ2) is 11.8. The summed E-state index contributed by atoms with van der Waals surface area (Å²) in [5, 5.41) is 4.34. The lowest BCUT2D eigenvalue weighted by Crippen LogP contribution is -2.56. The molecule has 1 aromatic carbocycles. The van der Waals surface area contributed by atoms with Crippen LogP contribution in [0.3, 0.4) is 0 Å². The lowest BCUT2D eigenvalue weighted by atomic mass is 10.2. The number of benzene rings is 1. The minimum absolute atomic E-state index is 0.0340. The fraction of sp³-hybridized carbons (Fsp3) is 0.550. The van der Waals surface area contributed by atoms with Crippen LogP contribution in [0.5, 0.6) is 0 Å². The van der Waals surface area contributed by atoms with Crippen LogP contribution < -0.4 is 20.4 Å². The molecule has 2 aliphatic heterocycles. The molecule has 0 bridgehead atoms. The lowest BCUT2D eigenvalue weighted by molar-refractivity contribution is -0.173. The molecule has 0 radical (unpaired) electrons. The molecule has 36 heavy (non-hydrogen) atoms. The van der Waals surface area contributed by atoms with Gasteiger partial charge in [-0.3, -0.25) is 19.4 Å². The summed E-state index contributed by atoms with van der Waals surface area (Å²) in [6, 6.07) is 6.23. The normalized spacial score (nSPS) is 22.2. The Morgan fingerprint density at radius 2 is 1.78 bits per heavy atom. The van der Waals surface area contributed by atoms with Crippen LogP contribution in [0.25, 0.3) is 0 Å². The molecule has 2 unspecified atom stereocenters. The van der Waals surface area contributed by atoms with E-state index in [-0.39, 0.29) is 19.6 Å². The second-order valence-electron chi connectivity index (χ2n) is 8.09. The number of hydrogen-bond donors (Lipinski definition) is 2. The third-order valence-electron chi connectivity index (χ3n) is 5.65. The molecule has 0 spiro atoms. The van der Waals surface area contributed by atoms with Crippen molar-refractivity contribution < 1.29 is 36.7 Å². The standard InChI is InChI=1S/C20H22Br3F4N5O4/c21-19(22,23)15(29-11-33)9-31-6-5-30(10-16(31)24)12-1-3-13(4-2-12)32-8-14(36-18(32)35)7-28-17(34)20(25,26)27/h1-4,11,14-16H,5-10H2,(H,28,34)(H,29,33)/t14?,15?,16-/m1/s1. The maximum atomic E-state index is 14.9. The van der Waals surface area contributed by atoms with Gasteiger partial charge in [-0.2, -0.15) is 13.2 Å². The monoisotopic (exact) mass is 709 g/mol. The van der Waals surface area contributed by atoms with Crippen LogP contribution in [-0.2, 0) is 14.3 Å². The van der Waals surface area contributed by atoms with Crippen molar-refractivity contribution in [1.82, 2.24) is 15.5 Å². The van der Waals surface area contributed by atoms with E-state index in [1.165, 1.54) is 4.90 Å². The van der Waals surface area contributed by atoms with E-state index in [1.54, 1.807) is 34.5 Å². The summed E-state index contributed by atoms with van der Waals surface area (Å²) in [7, 11) is 0. The SMILES string of the molecule is O=CNC(CN1CCN(c2ccc(N3CC(CNC(=O)C(F)(F)F)OC3=O)cc2)C[C@@H]1F)C(Br)(Br)Br. The molecule has 0 aromatic heterocycles. The average Bonchev–Trinajstić information content (AvgIpc) is 3.17. The topological polar surface area (TPSA) is 94.2 Å². The molecule has 3 rings (SSSR count). The van der Waals surface area contributed by atoms with Crippen LogP contribution >= 0.6 is 47.8 Å². The molecule has 2 fully saturated rings. The predicted octanol–water partition coefficient (Wildman–Crippen LogP) is 3.06. The van der Waals surface area contributed by atoms with Gasteiger partial charge in [-0.15, -0.1) is 0 Å². The van der Waals surface area contributed by atoms with Crippen molar-refractivity contribution >= 4 is 77.6 Å². The molecule has 200 valence electrons. The van der Waals surface area contributed by atoms with E-state index in [0.717, 1.165) is 5.69 Å². The maximum absolute atomic E-state index is 14.9. The van der Waals surface area contributed by atoms with E-state index in [0.29, 0.717) is 25.2 Å². The van der Waals surface area contributed by atoms with E-state index >= 15 is 0 Å². The van der Waals surface area contributed by atoms with Crippen LogP contribution in [0.15, 0.2) is 24.3 Å². The zero-order chi connectivity index (χ0) is 26.7. The Balaban J connectivity index is 1.55. The second-order valence-corrected chi connectivity index (χ2v) is 15.0. The number of rotatable bonds is 8. The quantitative estimate of drug-likeness (QED) is 0.187. The van der Waals surface area contributed by atoms with Crippen molar-refractivity contribution in [3.05, 3.63) is 24.3 Å². The van der Waals surface area contributed by atoms with E-state index in [1.807, 2.05) is 4.90 Å². The van der Waals surface area contributed by atoms with Gasteiger partial charge in [0.2, 0.25) is 6.41 Å². The van der Waals surface area contributed by atoms with Gasteiger partial charge in [0.05, 0.1) is 25.7 Å². The molecule has 3 atom stereocenters. The third-order valence-corrected chi connectivity index (χ3v) is 7.31. The molecule has 9 nitrogen and oxygen atoms in total. The maximum Gasteiger partial charge on any atom is 0.471 e. The molecule has 0 aliphatic carbocycles. The first-order valence-corrected chi connectivity index (χ1v) is 13.0. The van der Waals surface area contributed by atoms with E-state index in [9.17, 15) is 31.9 Å². The Kier molecular flexibility index (Phi) is 9.49. The van der Waals surface area contributed by atoms with Crippen LogP contribution in [0.2, 0.25) is 0 Å². The minimum Gasteiger partial charge on any atom is -0.442 e. The first kappa shape index (κ1) is 28.9. The predicted molar refractivity (Wildman–Crippen MR) is 134 cm³/mol. The molecular formula is C20H22Br3F4N5O4. The molecule has 1 aromatic rings. The van der Waals surface area contributed by atoms with Gasteiger partial charge in [-0.05, 0) is 24.3 Å². The summed E-state index contributed by atoms with van der Waals surface area (Å²) in [6.07, 6.45) is -7.45. The van der Waals surface area contributed by atoms with Crippen LogP contribution in [0.4, 0.5) is 33.7 Å². The Labute approximate surface area is 229 Å². The number of hydrogen-bond acceptors (Lipinski definition) is 6. The Morgan fingerprint density at radius 1 is 1.14 bits per heavy atom. The number of ether oxygens (including phenoxy) is 1. The van der Waals surface area contributed by atoms with Gasteiger partial charge in [-0.25, -0.2) is 9.18 Å². The molecule has 0 saturated carbocycles. The number of carbonyl (C=O) groups is 3. The van der Waals surface area contributed by atoms with Gasteiger partial charge in [0.1, 0.15) is 6.10 Å². The molecule has 3 amide bonds. The highest BCUT2D eigenvalue weighted by molar-refractivity contribution is 9.39. The van der Waals surface area contributed by atoms with Crippen molar-refractivity contribution in [2.45, 2.75) is 26.8 Å².